The molecular formula is C27H33ClF3N3O7. The van der Waals surface area contributed by atoms with E-state index in [-0.39, 0.29) is 48.1 Å². The Kier molecular flexibility index (Phi) is 9.19. The molecule has 41 heavy (non-hydrogen) atoms. The SMILES string of the molecule is COc1cc(C(=O)CCC(O)(c2cc3c(c(Cl)n2)N(C(=O)OC(C)(C)C)C[C@@]3(C)N)C(F)(F)F)ccc1OCCO. The number of aliphatic hydroxyl groups excluding tert-OH is 1. The smallest absolute Gasteiger partial charge is 0.422 e. The van der Waals surface area contributed by atoms with Crippen molar-refractivity contribution in [3.63, 3.8) is 0 Å². The number of rotatable bonds is 9. The van der Waals surface area contributed by atoms with Gasteiger partial charge in [-0.05, 0) is 58.4 Å². The number of ether oxygens (including phenoxy) is 3. The highest BCUT2D eigenvalue weighted by Gasteiger charge is 2.57. The van der Waals surface area contributed by atoms with E-state index in [1.807, 2.05) is 0 Å². The molecule has 0 fully saturated rings. The van der Waals surface area contributed by atoms with Crippen LogP contribution in [0.5, 0.6) is 11.5 Å². The molecule has 0 radical (unpaired) electrons. The molecule has 1 amide bonds. The number of carbonyl (C=O) groups excluding carboxylic acids is 2. The Balaban J connectivity index is 1.95. The zero-order valence-corrected chi connectivity index (χ0v) is 24.0. The molecule has 1 aromatic heterocycles. The van der Waals surface area contributed by atoms with Crippen molar-refractivity contribution in [2.75, 3.05) is 31.8 Å². The van der Waals surface area contributed by atoms with Gasteiger partial charge in [0.1, 0.15) is 12.2 Å². The normalized spacial score (nSPS) is 18.5. The minimum absolute atomic E-state index is 0.0187. The average Bonchev–Trinajstić information content (AvgIpc) is 3.15. The second-order valence-electron chi connectivity index (χ2n) is 10.9. The van der Waals surface area contributed by atoms with Crippen LogP contribution in [-0.4, -0.2) is 65.7 Å². The number of Topliss-reactive ketones (excluding diaryl/α,β-unsaturated/α-hetero) is 1. The third-order valence-electron chi connectivity index (χ3n) is 6.38. The van der Waals surface area contributed by atoms with Gasteiger partial charge < -0.3 is 30.2 Å². The second kappa shape index (κ2) is 11.6. The molecule has 226 valence electrons. The lowest BCUT2D eigenvalue weighted by atomic mass is 9.87. The number of hydrogen-bond donors (Lipinski definition) is 3. The van der Waals surface area contributed by atoms with Crippen molar-refractivity contribution in [1.82, 2.24) is 4.98 Å². The van der Waals surface area contributed by atoms with E-state index >= 15 is 0 Å². The number of benzene rings is 1. The van der Waals surface area contributed by atoms with Crippen LogP contribution < -0.4 is 20.1 Å². The van der Waals surface area contributed by atoms with E-state index in [1.54, 1.807) is 20.8 Å². The fourth-order valence-electron chi connectivity index (χ4n) is 4.35. The molecule has 1 unspecified atom stereocenters. The van der Waals surface area contributed by atoms with Crippen molar-refractivity contribution in [3.05, 3.63) is 46.2 Å². The van der Waals surface area contributed by atoms with E-state index in [0.717, 1.165) is 11.0 Å². The Bertz CT molecular complexity index is 1310. The minimum atomic E-state index is -5.26. The molecule has 1 aliphatic rings. The average molecular weight is 604 g/mol. The van der Waals surface area contributed by atoms with E-state index in [1.165, 1.54) is 32.2 Å². The number of halogens is 4. The number of anilines is 1. The van der Waals surface area contributed by atoms with Crippen LogP contribution in [-0.2, 0) is 15.9 Å². The van der Waals surface area contributed by atoms with E-state index in [2.05, 4.69) is 4.98 Å². The summed E-state index contributed by atoms with van der Waals surface area (Å²) in [5.74, 6) is -0.349. The van der Waals surface area contributed by atoms with Crippen LogP contribution in [0.1, 0.15) is 62.2 Å². The summed E-state index contributed by atoms with van der Waals surface area (Å²) < 4.78 is 59.0. The fraction of sp³-hybridized carbons (Fsp3) is 0.519. The Morgan fingerprint density at radius 1 is 1.20 bits per heavy atom. The van der Waals surface area contributed by atoms with Gasteiger partial charge in [-0.25, -0.2) is 9.78 Å². The lowest BCUT2D eigenvalue weighted by molar-refractivity contribution is -0.270. The molecule has 0 bridgehead atoms. The maximum absolute atomic E-state index is 14.4. The number of ketones is 1. The minimum Gasteiger partial charge on any atom is -0.493 e. The van der Waals surface area contributed by atoms with Crippen molar-refractivity contribution in [2.45, 2.75) is 63.5 Å². The van der Waals surface area contributed by atoms with Gasteiger partial charge in [-0.2, -0.15) is 13.2 Å². The predicted molar refractivity (Wildman–Crippen MR) is 143 cm³/mol. The van der Waals surface area contributed by atoms with Crippen LogP contribution in [0.25, 0.3) is 0 Å². The summed E-state index contributed by atoms with van der Waals surface area (Å²) in [5, 5.41) is 19.4. The molecule has 0 spiro atoms. The van der Waals surface area contributed by atoms with E-state index in [9.17, 15) is 27.9 Å². The molecule has 2 aromatic rings. The number of pyridine rings is 1. The molecule has 2 heterocycles. The molecule has 14 heteroatoms. The maximum atomic E-state index is 14.4. The Morgan fingerprint density at radius 3 is 2.41 bits per heavy atom. The standard InChI is InChI=1S/C27H33ClF3N3O7/c1-24(2,3)41-23(37)34-14-25(4,32)16-13-20(33-22(28)21(16)34)26(38,27(29,30)31)9-8-17(36)15-6-7-18(40-11-10-35)19(12-15)39-5/h6-7,12-13,35,38H,8-11,14,32H2,1-5H3/t25-,26?/m1/s1. The van der Waals surface area contributed by atoms with Crippen molar-refractivity contribution in [1.29, 1.82) is 0 Å². The third kappa shape index (κ3) is 6.85. The summed E-state index contributed by atoms with van der Waals surface area (Å²) in [7, 11) is 1.32. The van der Waals surface area contributed by atoms with Gasteiger partial charge in [0, 0.05) is 17.5 Å². The zero-order chi connectivity index (χ0) is 31.0. The molecule has 0 saturated carbocycles. The number of fused-ring (bicyclic) bond motifs is 1. The number of amides is 1. The lowest BCUT2D eigenvalue weighted by Crippen LogP contribution is -2.44. The van der Waals surface area contributed by atoms with Gasteiger partial charge >= 0.3 is 12.3 Å². The van der Waals surface area contributed by atoms with Crippen LogP contribution in [0.2, 0.25) is 5.15 Å². The van der Waals surface area contributed by atoms with Gasteiger partial charge in [-0.15, -0.1) is 0 Å². The van der Waals surface area contributed by atoms with Crippen molar-refractivity contribution < 1.29 is 47.2 Å². The fourth-order valence-corrected chi connectivity index (χ4v) is 4.64. The molecule has 4 N–H and O–H groups in total. The third-order valence-corrected chi connectivity index (χ3v) is 6.64. The van der Waals surface area contributed by atoms with Gasteiger partial charge in [0.05, 0.1) is 37.2 Å². The lowest BCUT2D eigenvalue weighted by Gasteiger charge is -2.31. The highest BCUT2D eigenvalue weighted by molar-refractivity contribution is 6.33. The van der Waals surface area contributed by atoms with Crippen LogP contribution in [0.4, 0.5) is 23.7 Å². The largest absolute Gasteiger partial charge is 0.493 e. The van der Waals surface area contributed by atoms with Crippen molar-refractivity contribution in [2.24, 2.45) is 5.73 Å². The Labute approximate surface area is 240 Å². The number of alkyl halides is 3. The van der Waals surface area contributed by atoms with Gasteiger partial charge in [-0.1, -0.05) is 11.6 Å². The van der Waals surface area contributed by atoms with Crippen LogP contribution in [0, 0.1) is 0 Å². The first-order valence-corrected chi connectivity index (χ1v) is 13.0. The summed E-state index contributed by atoms with van der Waals surface area (Å²) >= 11 is 6.31. The zero-order valence-electron chi connectivity index (χ0n) is 23.3. The number of aliphatic hydroxyl groups is 2. The summed E-state index contributed by atoms with van der Waals surface area (Å²) in [5.41, 5.74) is -0.271. The van der Waals surface area contributed by atoms with E-state index in [4.69, 9.17) is 36.7 Å². The van der Waals surface area contributed by atoms with Gasteiger partial charge in [0.15, 0.2) is 22.4 Å². The van der Waals surface area contributed by atoms with E-state index < -0.39 is 58.5 Å². The van der Waals surface area contributed by atoms with Crippen LogP contribution in [0.3, 0.4) is 0 Å². The Hall–Kier alpha value is -3.13. The number of carbonyl (C=O) groups is 2. The predicted octanol–water partition coefficient (Wildman–Crippen LogP) is 4.46. The van der Waals surface area contributed by atoms with E-state index in [0.29, 0.717) is 0 Å². The van der Waals surface area contributed by atoms with Gasteiger partial charge in [-0.3, -0.25) is 9.69 Å². The molecule has 1 aliphatic heterocycles. The molecule has 3 rings (SSSR count). The summed E-state index contributed by atoms with van der Waals surface area (Å²) in [6.45, 7) is 5.98. The topological polar surface area (TPSA) is 144 Å². The number of aromatic nitrogens is 1. The highest BCUT2D eigenvalue weighted by atomic mass is 35.5. The van der Waals surface area contributed by atoms with Crippen molar-refractivity contribution >= 4 is 29.2 Å². The summed E-state index contributed by atoms with van der Waals surface area (Å²) in [4.78, 5) is 30.6. The monoisotopic (exact) mass is 603 g/mol. The summed E-state index contributed by atoms with van der Waals surface area (Å²) in [6, 6.07) is 4.97. The van der Waals surface area contributed by atoms with Gasteiger partial charge in [0.25, 0.3) is 0 Å². The van der Waals surface area contributed by atoms with Crippen molar-refractivity contribution in [3.8, 4) is 11.5 Å². The molecule has 0 saturated heterocycles. The summed E-state index contributed by atoms with van der Waals surface area (Å²) in [6.07, 6.45) is -7.88. The van der Waals surface area contributed by atoms with Gasteiger partial charge in [0.2, 0.25) is 5.60 Å². The van der Waals surface area contributed by atoms with Crippen LogP contribution in [0.15, 0.2) is 24.3 Å². The molecule has 2 atom stereocenters. The number of nitrogens with two attached hydrogens (primary N) is 1. The first-order valence-electron chi connectivity index (χ1n) is 12.6. The number of nitrogens with zero attached hydrogens (tertiary/aromatic N) is 2. The number of hydrogen-bond acceptors (Lipinski definition) is 9. The first-order chi connectivity index (χ1) is 18.8. The molecule has 1 aromatic carbocycles. The molecule has 10 nitrogen and oxygen atoms in total. The maximum Gasteiger partial charge on any atom is 0.422 e. The highest BCUT2D eigenvalue weighted by Crippen LogP contribution is 2.48. The van der Waals surface area contributed by atoms with Crippen LogP contribution >= 0.6 is 11.6 Å². The molecule has 0 aliphatic carbocycles. The first kappa shape index (κ1) is 32.4. The quantitative estimate of drug-likeness (QED) is 0.279. The Morgan fingerprint density at radius 2 is 1.85 bits per heavy atom. The number of methoxy groups -OCH3 is 1. The molecular weight excluding hydrogens is 571 g/mol. The second-order valence-corrected chi connectivity index (χ2v) is 11.3.